The van der Waals surface area contributed by atoms with Crippen LogP contribution >= 0.6 is 15.9 Å². The maximum absolute atomic E-state index is 11.2. The van der Waals surface area contributed by atoms with E-state index in [2.05, 4.69) is 25.8 Å². The molecule has 2 heterocycles. The van der Waals surface area contributed by atoms with E-state index in [1.54, 1.807) is 6.20 Å². The lowest BCUT2D eigenvalue weighted by atomic mass is 9.90. The van der Waals surface area contributed by atoms with Crippen molar-refractivity contribution in [2.24, 2.45) is 5.73 Å². The number of amides is 1. The highest BCUT2D eigenvalue weighted by atomic mass is 79.9. The highest BCUT2D eigenvalue weighted by Gasteiger charge is 2.38. The lowest BCUT2D eigenvalue weighted by molar-refractivity contribution is -0.138. The van der Waals surface area contributed by atoms with E-state index in [1.165, 1.54) is 0 Å². The lowest BCUT2D eigenvalue weighted by Crippen LogP contribution is -2.52. The number of pyridine rings is 1. The molecule has 0 aliphatic carbocycles. The summed E-state index contributed by atoms with van der Waals surface area (Å²) in [6, 6.07) is 1.92. The van der Waals surface area contributed by atoms with Crippen molar-refractivity contribution in [3.63, 3.8) is 0 Å². The van der Waals surface area contributed by atoms with Gasteiger partial charge in [0, 0.05) is 32.1 Å². The fourth-order valence-corrected chi connectivity index (χ4v) is 2.63. The summed E-state index contributed by atoms with van der Waals surface area (Å²) in [6.45, 7) is 3.13. The van der Waals surface area contributed by atoms with Gasteiger partial charge in [0.1, 0.15) is 5.60 Å². The molecule has 1 aromatic heterocycles. The van der Waals surface area contributed by atoms with Crippen LogP contribution in [0.5, 0.6) is 0 Å². The minimum Gasteiger partial charge on any atom is -0.380 e. The Morgan fingerprint density at radius 1 is 1.56 bits per heavy atom. The number of rotatable bonds is 2. The summed E-state index contributed by atoms with van der Waals surface area (Å²) < 4.78 is 0.953. The van der Waals surface area contributed by atoms with Crippen molar-refractivity contribution in [1.29, 1.82) is 0 Å². The summed E-state index contributed by atoms with van der Waals surface area (Å²) in [6.07, 6.45) is 2.47. The quantitative estimate of drug-likeness (QED) is 0.852. The molecule has 1 aliphatic rings. The molecule has 0 spiro atoms. The van der Waals surface area contributed by atoms with E-state index >= 15 is 0 Å². The van der Waals surface area contributed by atoms with Gasteiger partial charge in [-0.3, -0.25) is 9.78 Å². The number of nitrogens with zero attached hydrogens (tertiary/aromatic N) is 2. The first-order chi connectivity index (χ1) is 8.44. The largest absolute Gasteiger partial charge is 0.380 e. The predicted molar refractivity (Wildman–Crippen MR) is 72.3 cm³/mol. The Kier molecular flexibility index (Phi) is 3.59. The number of halogens is 1. The monoisotopic (exact) mass is 313 g/mol. The van der Waals surface area contributed by atoms with Crippen LogP contribution in [0, 0.1) is 6.92 Å². The maximum Gasteiger partial charge on any atom is 0.249 e. The molecule has 0 bridgehead atoms. The highest BCUT2D eigenvalue weighted by molar-refractivity contribution is 9.10. The van der Waals surface area contributed by atoms with E-state index in [9.17, 15) is 9.90 Å². The molecule has 3 N–H and O–H groups in total. The van der Waals surface area contributed by atoms with Crippen molar-refractivity contribution >= 4 is 27.5 Å². The SMILES string of the molecule is Cc1nccc(N2CCC(O)(C(N)=O)CC2)c1Br. The Balaban J connectivity index is 2.15. The topological polar surface area (TPSA) is 79.4 Å². The number of hydrogen-bond donors (Lipinski definition) is 2. The average molecular weight is 314 g/mol. The van der Waals surface area contributed by atoms with Crippen LogP contribution in [0.4, 0.5) is 5.69 Å². The number of nitrogens with two attached hydrogens (primary N) is 1. The van der Waals surface area contributed by atoms with Crippen molar-refractivity contribution in [2.45, 2.75) is 25.4 Å². The number of piperidine rings is 1. The predicted octanol–water partition coefficient (Wildman–Crippen LogP) is 0.969. The van der Waals surface area contributed by atoms with E-state index in [4.69, 9.17) is 5.73 Å². The molecule has 1 fully saturated rings. The lowest BCUT2D eigenvalue weighted by Gasteiger charge is -2.37. The zero-order valence-corrected chi connectivity index (χ0v) is 11.8. The van der Waals surface area contributed by atoms with E-state index in [-0.39, 0.29) is 0 Å². The first kappa shape index (κ1) is 13.3. The van der Waals surface area contributed by atoms with Gasteiger partial charge in [-0.25, -0.2) is 0 Å². The molecule has 5 nitrogen and oxygen atoms in total. The third-order valence-corrected chi connectivity index (χ3v) is 4.41. The summed E-state index contributed by atoms with van der Waals surface area (Å²) in [5.74, 6) is -0.632. The molecular formula is C12H16BrN3O2. The third-order valence-electron chi connectivity index (χ3n) is 3.43. The number of carbonyl (C=O) groups excluding carboxylic acids is 1. The van der Waals surface area contributed by atoms with E-state index in [1.807, 2.05) is 13.0 Å². The molecule has 0 saturated carbocycles. The van der Waals surface area contributed by atoms with Gasteiger partial charge in [0.15, 0.2) is 0 Å². The second-order valence-corrected chi connectivity index (χ2v) is 5.41. The van der Waals surface area contributed by atoms with E-state index in [0.29, 0.717) is 25.9 Å². The number of carbonyl (C=O) groups is 1. The van der Waals surface area contributed by atoms with Gasteiger partial charge in [-0.15, -0.1) is 0 Å². The first-order valence-electron chi connectivity index (χ1n) is 5.82. The van der Waals surface area contributed by atoms with Gasteiger partial charge in [-0.1, -0.05) is 0 Å². The molecule has 0 atom stereocenters. The first-order valence-corrected chi connectivity index (χ1v) is 6.62. The van der Waals surface area contributed by atoms with Gasteiger partial charge in [0.2, 0.25) is 5.91 Å². The second-order valence-electron chi connectivity index (χ2n) is 4.61. The number of aromatic nitrogens is 1. The van der Waals surface area contributed by atoms with Crippen LogP contribution in [0.2, 0.25) is 0 Å². The summed E-state index contributed by atoms with van der Waals surface area (Å²) >= 11 is 3.51. The number of hydrogen-bond acceptors (Lipinski definition) is 4. The van der Waals surface area contributed by atoms with Crippen molar-refractivity contribution in [1.82, 2.24) is 4.98 Å². The summed E-state index contributed by atoms with van der Waals surface area (Å²) in [7, 11) is 0. The average Bonchev–Trinajstić information content (AvgIpc) is 2.34. The van der Waals surface area contributed by atoms with Crippen molar-refractivity contribution in [2.75, 3.05) is 18.0 Å². The van der Waals surface area contributed by atoms with Crippen molar-refractivity contribution in [3.8, 4) is 0 Å². The zero-order valence-electron chi connectivity index (χ0n) is 10.2. The molecule has 18 heavy (non-hydrogen) atoms. The van der Waals surface area contributed by atoms with Crippen molar-refractivity contribution in [3.05, 3.63) is 22.4 Å². The van der Waals surface area contributed by atoms with Crippen LogP contribution < -0.4 is 10.6 Å². The van der Waals surface area contributed by atoms with Crippen molar-refractivity contribution < 1.29 is 9.90 Å². The highest BCUT2D eigenvalue weighted by Crippen LogP contribution is 2.32. The fourth-order valence-electron chi connectivity index (χ4n) is 2.14. The Morgan fingerprint density at radius 3 is 2.72 bits per heavy atom. The molecule has 98 valence electrons. The molecule has 2 rings (SSSR count). The number of aryl methyl sites for hydroxylation is 1. The van der Waals surface area contributed by atoms with Crippen LogP contribution in [0.25, 0.3) is 0 Å². The van der Waals surface area contributed by atoms with Gasteiger partial charge >= 0.3 is 0 Å². The standard InChI is InChI=1S/C12H16BrN3O2/c1-8-10(13)9(2-5-15-8)16-6-3-12(18,4-7-16)11(14)17/h2,5,18H,3-4,6-7H2,1H3,(H2,14,17). The molecule has 1 saturated heterocycles. The minimum atomic E-state index is -1.36. The molecule has 6 heteroatoms. The Labute approximate surface area is 114 Å². The Bertz CT molecular complexity index is 470. The van der Waals surface area contributed by atoms with Crippen LogP contribution in [-0.2, 0) is 4.79 Å². The maximum atomic E-state index is 11.2. The Morgan fingerprint density at radius 2 is 2.17 bits per heavy atom. The van der Waals surface area contributed by atoms with Crippen LogP contribution in [0.3, 0.4) is 0 Å². The van der Waals surface area contributed by atoms with E-state index < -0.39 is 11.5 Å². The summed E-state index contributed by atoms with van der Waals surface area (Å²) in [4.78, 5) is 17.5. The fraction of sp³-hybridized carbons (Fsp3) is 0.500. The third kappa shape index (κ3) is 2.35. The van der Waals surface area contributed by atoms with Crippen LogP contribution in [0.1, 0.15) is 18.5 Å². The minimum absolute atomic E-state index is 0.357. The number of primary amides is 1. The smallest absolute Gasteiger partial charge is 0.249 e. The number of aliphatic hydroxyl groups is 1. The van der Waals surface area contributed by atoms with Crippen LogP contribution in [-0.4, -0.2) is 34.7 Å². The summed E-state index contributed by atoms with van der Waals surface area (Å²) in [5.41, 5.74) is 5.81. The van der Waals surface area contributed by atoms with Gasteiger partial charge < -0.3 is 15.7 Å². The molecule has 1 aliphatic heterocycles. The molecule has 0 radical (unpaired) electrons. The van der Waals surface area contributed by atoms with Gasteiger partial charge in [-0.05, 0) is 28.9 Å². The van der Waals surface area contributed by atoms with Gasteiger partial charge in [0.05, 0.1) is 15.9 Å². The second kappa shape index (κ2) is 4.85. The number of anilines is 1. The molecule has 1 amide bonds. The molecule has 0 unspecified atom stereocenters. The molecule has 1 aromatic rings. The normalized spacial score (nSPS) is 18.7. The summed E-state index contributed by atoms with van der Waals surface area (Å²) in [5, 5.41) is 10.0. The van der Waals surface area contributed by atoms with Gasteiger partial charge in [0.25, 0.3) is 0 Å². The van der Waals surface area contributed by atoms with E-state index in [0.717, 1.165) is 15.9 Å². The van der Waals surface area contributed by atoms with Gasteiger partial charge in [-0.2, -0.15) is 0 Å². The molecular weight excluding hydrogens is 298 g/mol. The molecule has 0 aromatic carbocycles. The Hall–Kier alpha value is -1.14. The van der Waals surface area contributed by atoms with Crippen LogP contribution in [0.15, 0.2) is 16.7 Å². The zero-order chi connectivity index (χ0) is 13.3.